The van der Waals surface area contributed by atoms with Gasteiger partial charge in [0.2, 0.25) is 5.91 Å². The maximum absolute atomic E-state index is 12.7. The third-order valence-electron chi connectivity index (χ3n) is 5.10. The van der Waals surface area contributed by atoms with Crippen LogP contribution < -0.4 is 15.0 Å². The zero-order valence-corrected chi connectivity index (χ0v) is 17.1. The number of hydrogen-bond donors (Lipinski definition) is 1. The number of rotatable bonds is 6. The Morgan fingerprint density at radius 1 is 1.17 bits per heavy atom. The van der Waals surface area contributed by atoms with Gasteiger partial charge in [0.25, 0.3) is 5.69 Å². The van der Waals surface area contributed by atoms with Crippen LogP contribution >= 0.6 is 11.6 Å². The first kappa shape index (κ1) is 20.9. The molecule has 0 aromatic heterocycles. The number of halogens is 1. The molecule has 0 saturated carbocycles. The summed E-state index contributed by atoms with van der Waals surface area (Å²) in [5.41, 5.74) is 1.24. The molecule has 2 aromatic rings. The zero-order valence-electron chi connectivity index (χ0n) is 16.3. The van der Waals surface area contributed by atoms with Gasteiger partial charge in [-0.15, -0.1) is 0 Å². The highest BCUT2D eigenvalue weighted by Crippen LogP contribution is 2.27. The number of amides is 1. The Morgan fingerprint density at radius 2 is 1.83 bits per heavy atom. The van der Waals surface area contributed by atoms with Crippen molar-refractivity contribution >= 4 is 34.6 Å². The van der Waals surface area contributed by atoms with Crippen molar-refractivity contribution in [1.82, 2.24) is 4.90 Å². The van der Waals surface area contributed by atoms with Crippen molar-refractivity contribution in [3.63, 3.8) is 0 Å². The number of ether oxygens (including phenoxy) is 1. The summed E-state index contributed by atoms with van der Waals surface area (Å²) in [5.74, 6) is 0.572. The van der Waals surface area contributed by atoms with E-state index in [1.165, 1.54) is 18.2 Å². The van der Waals surface area contributed by atoms with Crippen LogP contribution in [0.3, 0.4) is 0 Å². The Balaban J connectivity index is 1.58. The number of hydrogen-bond acceptors (Lipinski definition) is 6. The van der Waals surface area contributed by atoms with Gasteiger partial charge in [-0.25, -0.2) is 0 Å². The number of nitrogens with zero attached hydrogens (tertiary/aromatic N) is 3. The van der Waals surface area contributed by atoms with Crippen molar-refractivity contribution < 1.29 is 14.5 Å². The molecule has 1 amide bonds. The third kappa shape index (κ3) is 4.96. The Kier molecular flexibility index (Phi) is 6.56. The molecular weight excluding hydrogens is 396 g/mol. The van der Waals surface area contributed by atoms with Crippen LogP contribution in [-0.4, -0.2) is 55.1 Å². The van der Waals surface area contributed by atoms with Crippen LogP contribution in [0.4, 0.5) is 17.1 Å². The summed E-state index contributed by atoms with van der Waals surface area (Å²) >= 11 is 6.08. The lowest BCUT2D eigenvalue weighted by atomic mass is 10.2. The molecule has 0 unspecified atom stereocenters. The number of piperazine rings is 1. The molecule has 1 aliphatic heterocycles. The van der Waals surface area contributed by atoms with E-state index in [1.54, 1.807) is 7.11 Å². The van der Waals surface area contributed by atoms with Gasteiger partial charge in [0, 0.05) is 44.0 Å². The lowest BCUT2D eigenvalue weighted by Crippen LogP contribution is -2.52. The minimum Gasteiger partial charge on any atom is -0.497 e. The van der Waals surface area contributed by atoms with Crippen LogP contribution in [0.15, 0.2) is 42.5 Å². The van der Waals surface area contributed by atoms with Gasteiger partial charge in [0.1, 0.15) is 5.75 Å². The van der Waals surface area contributed by atoms with Gasteiger partial charge in [-0.3, -0.25) is 19.8 Å². The van der Waals surface area contributed by atoms with E-state index in [1.807, 2.05) is 31.2 Å². The quantitative estimate of drug-likeness (QED) is 0.571. The van der Waals surface area contributed by atoms with E-state index in [0.717, 1.165) is 37.6 Å². The van der Waals surface area contributed by atoms with Gasteiger partial charge in [-0.1, -0.05) is 11.6 Å². The van der Waals surface area contributed by atoms with Crippen LogP contribution in [0.1, 0.15) is 6.92 Å². The molecule has 2 aromatic carbocycles. The van der Waals surface area contributed by atoms with Crippen LogP contribution in [0.5, 0.6) is 5.75 Å². The third-order valence-corrected chi connectivity index (χ3v) is 5.43. The first-order chi connectivity index (χ1) is 13.9. The Hall–Kier alpha value is -2.84. The number of anilines is 2. The monoisotopic (exact) mass is 418 g/mol. The van der Waals surface area contributed by atoms with Crippen molar-refractivity contribution in [1.29, 1.82) is 0 Å². The molecule has 29 heavy (non-hydrogen) atoms. The standard InChI is InChI=1S/C20H23ClN4O4/c1-14(20(26)22-19-13-16(25(27)28)5-8-18(19)21)23-9-11-24(12-10-23)15-3-6-17(29-2)7-4-15/h3-8,13-14H,9-12H2,1-2H3,(H,22,26)/t14-/m1/s1. The van der Waals surface area contributed by atoms with Crippen molar-refractivity contribution in [2.75, 3.05) is 43.5 Å². The smallest absolute Gasteiger partial charge is 0.271 e. The molecule has 0 radical (unpaired) electrons. The van der Waals surface area contributed by atoms with Gasteiger partial charge in [0.05, 0.1) is 28.8 Å². The molecule has 8 nitrogen and oxygen atoms in total. The normalized spacial score (nSPS) is 15.6. The van der Waals surface area contributed by atoms with E-state index in [2.05, 4.69) is 15.1 Å². The summed E-state index contributed by atoms with van der Waals surface area (Å²) in [4.78, 5) is 27.4. The van der Waals surface area contributed by atoms with Crippen molar-refractivity contribution in [2.24, 2.45) is 0 Å². The summed E-state index contributed by atoms with van der Waals surface area (Å²) in [5, 5.41) is 13.9. The fourth-order valence-corrected chi connectivity index (χ4v) is 3.45. The second kappa shape index (κ2) is 9.11. The minimum absolute atomic E-state index is 0.120. The van der Waals surface area contributed by atoms with Gasteiger partial charge < -0.3 is 15.0 Å². The molecular formula is C20H23ClN4O4. The average Bonchev–Trinajstić information content (AvgIpc) is 2.74. The lowest BCUT2D eigenvalue weighted by molar-refractivity contribution is -0.384. The fraction of sp³-hybridized carbons (Fsp3) is 0.350. The Bertz CT molecular complexity index is 883. The molecule has 1 saturated heterocycles. The zero-order chi connectivity index (χ0) is 21.0. The minimum atomic E-state index is -0.520. The first-order valence-corrected chi connectivity index (χ1v) is 9.64. The first-order valence-electron chi connectivity index (χ1n) is 9.27. The maximum atomic E-state index is 12.7. The van der Waals surface area contributed by atoms with Crippen molar-refractivity contribution in [2.45, 2.75) is 13.0 Å². The number of benzene rings is 2. The van der Waals surface area contributed by atoms with Gasteiger partial charge in [0.15, 0.2) is 0 Å². The number of methoxy groups -OCH3 is 1. The predicted octanol–water partition coefficient (Wildman–Crippen LogP) is 3.41. The molecule has 0 aliphatic carbocycles. The Labute approximate surface area is 174 Å². The van der Waals surface area contributed by atoms with E-state index in [0.29, 0.717) is 0 Å². The van der Waals surface area contributed by atoms with Gasteiger partial charge in [-0.05, 0) is 37.3 Å². The molecule has 9 heteroatoms. The van der Waals surface area contributed by atoms with E-state index in [-0.39, 0.29) is 28.3 Å². The summed E-state index contributed by atoms with van der Waals surface area (Å²) in [6, 6.07) is 11.5. The number of nitro groups is 1. The number of carbonyl (C=O) groups is 1. The summed E-state index contributed by atoms with van der Waals surface area (Å²) in [6.45, 7) is 4.86. The highest BCUT2D eigenvalue weighted by atomic mass is 35.5. The average molecular weight is 419 g/mol. The molecule has 1 aliphatic rings. The largest absolute Gasteiger partial charge is 0.497 e. The molecule has 0 spiro atoms. The van der Waals surface area contributed by atoms with Crippen LogP contribution in [0, 0.1) is 10.1 Å². The molecule has 1 fully saturated rings. The number of nitro benzene ring substituents is 1. The SMILES string of the molecule is COc1ccc(N2CCN([C@H](C)C(=O)Nc3cc([N+](=O)[O-])ccc3Cl)CC2)cc1. The van der Waals surface area contributed by atoms with Crippen LogP contribution in [0.2, 0.25) is 5.02 Å². The summed E-state index contributed by atoms with van der Waals surface area (Å²) < 4.78 is 5.19. The summed E-state index contributed by atoms with van der Waals surface area (Å²) in [7, 11) is 1.64. The highest BCUT2D eigenvalue weighted by Gasteiger charge is 2.26. The summed E-state index contributed by atoms with van der Waals surface area (Å²) in [6.07, 6.45) is 0. The molecule has 1 heterocycles. The molecule has 1 atom stereocenters. The van der Waals surface area contributed by atoms with Crippen LogP contribution in [0.25, 0.3) is 0 Å². The molecule has 1 N–H and O–H groups in total. The number of non-ortho nitro benzene ring substituents is 1. The van der Waals surface area contributed by atoms with E-state index >= 15 is 0 Å². The lowest BCUT2D eigenvalue weighted by Gasteiger charge is -2.38. The van der Waals surface area contributed by atoms with Crippen molar-refractivity contribution in [3.05, 3.63) is 57.6 Å². The van der Waals surface area contributed by atoms with E-state index in [4.69, 9.17) is 16.3 Å². The molecule has 0 bridgehead atoms. The second-order valence-electron chi connectivity index (χ2n) is 6.81. The topological polar surface area (TPSA) is 88.0 Å². The highest BCUT2D eigenvalue weighted by molar-refractivity contribution is 6.33. The van der Waals surface area contributed by atoms with E-state index < -0.39 is 4.92 Å². The Morgan fingerprint density at radius 3 is 2.41 bits per heavy atom. The maximum Gasteiger partial charge on any atom is 0.271 e. The van der Waals surface area contributed by atoms with Crippen molar-refractivity contribution in [3.8, 4) is 5.75 Å². The predicted molar refractivity (Wildman–Crippen MR) is 113 cm³/mol. The number of carbonyl (C=O) groups excluding carboxylic acids is 1. The van der Waals surface area contributed by atoms with E-state index in [9.17, 15) is 14.9 Å². The van der Waals surface area contributed by atoms with Gasteiger partial charge in [-0.2, -0.15) is 0 Å². The number of nitrogens with one attached hydrogen (secondary N) is 1. The fourth-order valence-electron chi connectivity index (χ4n) is 3.29. The second-order valence-corrected chi connectivity index (χ2v) is 7.21. The molecule has 3 rings (SSSR count). The van der Waals surface area contributed by atoms with Crippen LogP contribution in [-0.2, 0) is 4.79 Å². The van der Waals surface area contributed by atoms with Gasteiger partial charge >= 0.3 is 0 Å². The molecule has 154 valence electrons.